The van der Waals surface area contributed by atoms with Crippen molar-refractivity contribution in [3.8, 4) is 11.5 Å². The number of anilines is 2. The number of hydrogen-bond donors (Lipinski definition) is 3. The van der Waals surface area contributed by atoms with Crippen molar-refractivity contribution in [2.75, 3.05) is 16.8 Å². The van der Waals surface area contributed by atoms with E-state index in [2.05, 4.69) is 19.6 Å². The normalized spacial score (nSPS) is 15.4. The van der Waals surface area contributed by atoms with Crippen molar-refractivity contribution in [1.82, 2.24) is 9.97 Å². The lowest BCUT2D eigenvalue weighted by Gasteiger charge is -2.18. The predicted molar refractivity (Wildman–Crippen MR) is 97.1 cm³/mol. The van der Waals surface area contributed by atoms with Crippen molar-refractivity contribution >= 4 is 37.8 Å². The average molecular weight is 374 g/mol. The number of nitrogens with zero attached hydrogens (tertiary/aromatic N) is 3. The first kappa shape index (κ1) is 16.5. The summed E-state index contributed by atoms with van der Waals surface area (Å²) in [6, 6.07) is 6.55. The highest BCUT2D eigenvalue weighted by Crippen LogP contribution is 2.37. The van der Waals surface area contributed by atoms with Crippen LogP contribution in [0, 0.1) is 5.82 Å². The van der Waals surface area contributed by atoms with Crippen LogP contribution in [0.3, 0.4) is 0 Å². The molecular formula is C17H15FN4O3S. The molecule has 0 saturated carbocycles. The molecule has 7 nitrogen and oxygen atoms in total. The number of hydrogen-bond acceptors (Lipinski definition) is 7. The third-order valence-electron chi connectivity index (χ3n) is 4.11. The minimum atomic E-state index is -2.21. The van der Waals surface area contributed by atoms with E-state index in [4.69, 9.17) is 0 Å². The van der Waals surface area contributed by atoms with Gasteiger partial charge in [0.25, 0.3) is 0 Å². The van der Waals surface area contributed by atoms with E-state index in [9.17, 15) is 18.8 Å². The average Bonchev–Trinajstić information content (AvgIpc) is 2.56. The fourth-order valence-corrected chi connectivity index (χ4v) is 4.17. The Morgan fingerprint density at radius 1 is 1.12 bits per heavy atom. The molecule has 2 heterocycles. The van der Waals surface area contributed by atoms with Gasteiger partial charge in [-0.25, -0.2) is 18.6 Å². The molecule has 0 spiro atoms. The molecule has 0 unspecified atom stereocenters. The van der Waals surface area contributed by atoms with Gasteiger partial charge < -0.3 is 15.5 Å². The van der Waals surface area contributed by atoms with Crippen LogP contribution >= 0.6 is 0 Å². The number of fused-ring (bicyclic) bond motifs is 1. The molecule has 3 aromatic rings. The van der Waals surface area contributed by atoms with Crippen LogP contribution in [0.4, 0.5) is 21.6 Å². The third kappa shape index (κ3) is 3.01. The van der Waals surface area contributed by atoms with Gasteiger partial charge in [0.15, 0.2) is 0 Å². The highest BCUT2D eigenvalue weighted by atomic mass is 32.2. The smallest absolute Gasteiger partial charge is 0.145 e. The molecule has 0 bridgehead atoms. The van der Waals surface area contributed by atoms with Gasteiger partial charge >= 0.3 is 0 Å². The first-order valence-corrected chi connectivity index (χ1v) is 9.75. The molecule has 4 rings (SSSR count). The molecule has 1 aromatic heterocycles. The van der Waals surface area contributed by atoms with E-state index in [-0.39, 0.29) is 23.0 Å². The van der Waals surface area contributed by atoms with Crippen molar-refractivity contribution < 1.29 is 18.8 Å². The zero-order valence-corrected chi connectivity index (χ0v) is 14.3. The minimum absolute atomic E-state index is 0.131. The van der Waals surface area contributed by atoms with Crippen LogP contribution in [-0.4, -0.2) is 35.9 Å². The molecule has 26 heavy (non-hydrogen) atoms. The van der Waals surface area contributed by atoms with E-state index < -0.39 is 15.5 Å². The van der Waals surface area contributed by atoms with Crippen LogP contribution in [0.15, 0.2) is 41.0 Å². The van der Waals surface area contributed by atoms with Gasteiger partial charge in [-0.2, -0.15) is 4.36 Å². The van der Waals surface area contributed by atoms with Crippen molar-refractivity contribution in [2.45, 2.75) is 6.42 Å². The van der Waals surface area contributed by atoms with E-state index in [1.165, 1.54) is 24.5 Å². The van der Waals surface area contributed by atoms with Crippen molar-refractivity contribution in [1.29, 1.82) is 0 Å². The Hall–Kier alpha value is -2.94. The number of rotatable bonds is 3. The zero-order chi connectivity index (χ0) is 18.3. The number of nitrogens with one attached hydrogen (secondary N) is 1. The SMILES string of the molecule is O=S1(=Nc2cc(O)c3c(Nc4ccc(F)cc4O)ncnc3c2)CCC1. The van der Waals surface area contributed by atoms with Gasteiger partial charge in [0.05, 0.1) is 32.0 Å². The summed E-state index contributed by atoms with van der Waals surface area (Å²) in [7, 11) is -2.21. The van der Waals surface area contributed by atoms with E-state index in [0.29, 0.717) is 28.1 Å². The minimum Gasteiger partial charge on any atom is -0.507 e. The monoisotopic (exact) mass is 374 g/mol. The number of phenols is 2. The van der Waals surface area contributed by atoms with E-state index in [1.807, 2.05) is 0 Å². The number of aromatic hydroxyl groups is 2. The first-order chi connectivity index (χ1) is 12.4. The summed E-state index contributed by atoms with van der Waals surface area (Å²) in [5.74, 6) is 0.380. The lowest BCUT2D eigenvalue weighted by Crippen LogP contribution is -2.22. The number of aromatic nitrogens is 2. The van der Waals surface area contributed by atoms with Gasteiger partial charge in [0, 0.05) is 23.6 Å². The van der Waals surface area contributed by atoms with Gasteiger partial charge in [0.2, 0.25) is 0 Å². The van der Waals surface area contributed by atoms with Gasteiger partial charge in [-0.05, 0) is 24.6 Å². The highest BCUT2D eigenvalue weighted by molar-refractivity contribution is 7.95. The van der Waals surface area contributed by atoms with Crippen molar-refractivity contribution in [3.05, 3.63) is 42.5 Å². The topological polar surface area (TPSA) is 108 Å². The Kier molecular flexibility index (Phi) is 3.87. The first-order valence-electron chi connectivity index (χ1n) is 7.89. The Morgan fingerprint density at radius 3 is 2.62 bits per heavy atom. The standard InChI is InChI=1S/C17H15FN4O3S/c18-10-2-3-12(14(23)6-10)21-17-16-13(19-9-20-17)7-11(8-15(16)24)22-26(25)4-1-5-26/h2-3,6-9,23-24H,1,4-5H2,(H,19,20,21). The largest absolute Gasteiger partial charge is 0.507 e. The molecule has 1 aliphatic rings. The molecule has 1 fully saturated rings. The highest BCUT2D eigenvalue weighted by Gasteiger charge is 2.20. The molecule has 9 heteroatoms. The van der Waals surface area contributed by atoms with Crippen LogP contribution in [0.5, 0.6) is 11.5 Å². The Labute approximate surface area is 148 Å². The molecule has 3 N–H and O–H groups in total. The molecule has 0 atom stereocenters. The van der Waals surface area contributed by atoms with E-state index >= 15 is 0 Å². The number of halogens is 1. The summed E-state index contributed by atoms with van der Waals surface area (Å²) < 4.78 is 29.7. The van der Waals surface area contributed by atoms with Crippen LogP contribution in [0.25, 0.3) is 10.9 Å². The van der Waals surface area contributed by atoms with Gasteiger partial charge in [-0.3, -0.25) is 0 Å². The lowest BCUT2D eigenvalue weighted by molar-refractivity contribution is 0.471. The predicted octanol–water partition coefficient (Wildman–Crippen LogP) is 3.43. The Balaban J connectivity index is 1.79. The van der Waals surface area contributed by atoms with E-state index in [1.54, 1.807) is 6.07 Å². The fourth-order valence-electron chi connectivity index (χ4n) is 2.72. The maximum absolute atomic E-state index is 13.1. The summed E-state index contributed by atoms with van der Waals surface area (Å²) in [6.07, 6.45) is 2.18. The molecule has 0 amide bonds. The molecule has 134 valence electrons. The number of benzene rings is 2. The third-order valence-corrected chi connectivity index (χ3v) is 6.51. The van der Waals surface area contributed by atoms with Gasteiger partial charge in [0.1, 0.15) is 29.5 Å². The van der Waals surface area contributed by atoms with Gasteiger partial charge in [-0.15, -0.1) is 0 Å². The molecule has 0 aliphatic carbocycles. The van der Waals surface area contributed by atoms with E-state index in [0.717, 1.165) is 12.5 Å². The molecule has 2 aromatic carbocycles. The van der Waals surface area contributed by atoms with Crippen LogP contribution in [-0.2, 0) is 9.73 Å². The molecule has 0 radical (unpaired) electrons. The Bertz CT molecular complexity index is 1130. The van der Waals surface area contributed by atoms with Crippen molar-refractivity contribution in [3.63, 3.8) is 0 Å². The lowest BCUT2D eigenvalue weighted by atomic mass is 10.2. The quantitative estimate of drug-likeness (QED) is 0.606. The van der Waals surface area contributed by atoms with Crippen LogP contribution in [0.2, 0.25) is 0 Å². The molecular weight excluding hydrogens is 359 g/mol. The fraction of sp³-hybridized carbons (Fsp3) is 0.176. The maximum atomic E-state index is 13.1. The summed E-state index contributed by atoms with van der Waals surface area (Å²) >= 11 is 0. The Morgan fingerprint density at radius 2 is 1.92 bits per heavy atom. The van der Waals surface area contributed by atoms with Crippen LogP contribution in [0.1, 0.15) is 6.42 Å². The zero-order valence-electron chi connectivity index (χ0n) is 13.5. The molecule has 1 aliphatic heterocycles. The second-order valence-corrected chi connectivity index (χ2v) is 8.54. The second-order valence-electron chi connectivity index (χ2n) is 5.99. The molecule has 1 saturated heterocycles. The summed E-state index contributed by atoms with van der Waals surface area (Å²) in [5.41, 5.74) is 1.04. The summed E-state index contributed by atoms with van der Waals surface area (Å²) in [5, 5.41) is 23.4. The second kappa shape index (κ2) is 6.10. The van der Waals surface area contributed by atoms with Crippen molar-refractivity contribution in [2.24, 2.45) is 4.36 Å². The van der Waals surface area contributed by atoms with Gasteiger partial charge in [-0.1, -0.05) is 0 Å². The maximum Gasteiger partial charge on any atom is 0.145 e. The van der Waals surface area contributed by atoms with Crippen LogP contribution < -0.4 is 5.32 Å². The summed E-state index contributed by atoms with van der Waals surface area (Å²) in [6.45, 7) is 0. The number of phenolic OH excluding ortho intramolecular Hbond substituents is 2. The summed E-state index contributed by atoms with van der Waals surface area (Å²) in [4.78, 5) is 8.21.